The summed E-state index contributed by atoms with van der Waals surface area (Å²) in [6.07, 6.45) is 6.05. The van der Waals surface area contributed by atoms with Gasteiger partial charge in [0.2, 0.25) is 5.91 Å². The Hall–Kier alpha value is -1.60. The normalized spacial score (nSPS) is 21.2. The van der Waals surface area contributed by atoms with Crippen LogP contribution in [0.15, 0.2) is 29.2 Å². The molecule has 0 radical (unpaired) electrons. The van der Waals surface area contributed by atoms with Crippen LogP contribution in [0.3, 0.4) is 0 Å². The van der Waals surface area contributed by atoms with Gasteiger partial charge in [0.25, 0.3) is 0 Å². The minimum Gasteiger partial charge on any atom is -0.494 e. The first-order chi connectivity index (χ1) is 11.3. The summed E-state index contributed by atoms with van der Waals surface area (Å²) in [6, 6.07) is 6.82. The number of rotatable bonds is 7. The molecule has 1 saturated carbocycles. The van der Waals surface area contributed by atoms with Crippen molar-refractivity contribution in [3.63, 3.8) is 0 Å². The minimum atomic E-state index is -3.19. The van der Waals surface area contributed by atoms with Gasteiger partial charge in [0.15, 0.2) is 9.84 Å². The first kappa shape index (κ1) is 18.7. The first-order valence-corrected chi connectivity index (χ1v) is 10.2. The van der Waals surface area contributed by atoms with Crippen LogP contribution in [0.5, 0.6) is 5.75 Å². The molecule has 0 saturated heterocycles. The van der Waals surface area contributed by atoms with Gasteiger partial charge in [-0.15, -0.1) is 0 Å². The second-order valence-electron chi connectivity index (χ2n) is 6.37. The maximum absolute atomic E-state index is 11.9. The van der Waals surface area contributed by atoms with Crippen LogP contribution in [0, 0.1) is 0 Å². The zero-order valence-electron chi connectivity index (χ0n) is 14.0. The topological polar surface area (TPSA) is 98.5 Å². The molecule has 0 unspecified atom stereocenters. The van der Waals surface area contributed by atoms with E-state index in [0.29, 0.717) is 25.2 Å². The number of benzene rings is 1. The standard InChI is InChI=1S/C17H26N2O4S/c1-24(21,22)16-10-8-15(9-11-16)23-12-2-3-17(20)19-14-6-4-13(18)5-7-14/h8-11,13-14H,2-7,12,18H2,1H3,(H,19,20). The molecular formula is C17H26N2O4S. The lowest BCUT2D eigenvalue weighted by Crippen LogP contribution is -2.40. The number of hydrogen-bond donors (Lipinski definition) is 2. The molecular weight excluding hydrogens is 328 g/mol. The summed E-state index contributed by atoms with van der Waals surface area (Å²) >= 11 is 0. The van der Waals surface area contributed by atoms with E-state index >= 15 is 0 Å². The third-order valence-electron chi connectivity index (χ3n) is 4.21. The molecule has 1 aliphatic carbocycles. The van der Waals surface area contributed by atoms with Crippen molar-refractivity contribution in [2.75, 3.05) is 12.9 Å². The van der Waals surface area contributed by atoms with Crippen LogP contribution in [0.1, 0.15) is 38.5 Å². The molecule has 0 spiro atoms. The van der Waals surface area contributed by atoms with Crippen LogP contribution in [-0.2, 0) is 14.6 Å². The fourth-order valence-electron chi connectivity index (χ4n) is 2.77. The molecule has 1 aromatic carbocycles. The summed E-state index contributed by atoms with van der Waals surface area (Å²) < 4.78 is 28.3. The Morgan fingerprint density at radius 2 is 1.83 bits per heavy atom. The van der Waals surface area contributed by atoms with Gasteiger partial charge in [0, 0.05) is 24.8 Å². The van der Waals surface area contributed by atoms with Gasteiger partial charge in [-0.3, -0.25) is 4.79 Å². The van der Waals surface area contributed by atoms with Crippen LogP contribution in [0.4, 0.5) is 0 Å². The van der Waals surface area contributed by atoms with Crippen molar-refractivity contribution in [2.45, 2.75) is 55.5 Å². The summed E-state index contributed by atoms with van der Waals surface area (Å²) in [5.41, 5.74) is 5.85. The predicted molar refractivity (Wildman–Crippen MR) is 92.7 cm³/mol. The fourth-order valence-corrected chi connectivity index (χ4v) is 3.40. The minimum absolute atomic E-state index is 0.0477. The summed E-state index contributed by atoms with van der Waals surface area (Å²) in [7, 11) is -3.19. The molecule has 1 aromatic rings. The summed E-state index contributed by atoms with van der Waals surface area (Å²) in [4.78, 5) is 12.2. The van der Waals surface area contributed by atoms with Crippen molar-refractivity contribution in [3.8, 4) is 5.75 Å². The van der Waals surface area contributed by atoms with Crippen molar-refractivity contribution in [1.82, 2.24) is 5.32 Å². The molecule has 0 aliphatic heterocycles. The molecule has 0 aromatic heterocycles. The molecule has 3 N–H and O–H groups in total. The molecule has 1 aliphatic rings. The van der Waals surface area contributed by atoms with E-state index in [1.165, 1.54) is 18.4 Å². The van der Waals surface area contributed by atoms with Crippen LogP contribution in [-0.4, -0.2) is 39.3 Å². The van der Waals surface area contributed by atoms with Crippen LogP contribution >= 0.6 is 0 Å². The smallest absolute Gasteiger partial charge is 0.220 e. The molecule has 0 heterocycles. The average Bonchev–Trinajstić information content (AvgIpc) is 2.53. The number of amides is 1. The highest BCUT2D eigenvalue weighted by Gasteiger charge is 2.19. The molecule has 2 rings (SSSR count). The number of ether oxygens (including phenoxy) is 1. The highest BCUT2D eigenvalue weighted by atomic mass is 32.2. The van der Waals surface area contributed by atoms with E-state index in [0.717, 1.165) is 25.7 Å². The molecule has 134 valence electrons. The van der Waals surface area contributed by atoms with Crippen LogP contribution in [0.2, 0.25) is 0 Å². The molecule has 0 bridgehead atoms. The summed E-state index contributed by atoms with van der Waals surface area (Å²) in [5.74, 6) is 0.649. The van der Waals surface area contributed by atoms with Gasteiger partial charge >= 0.3 is 0 Å². The monoisotopic (exact) mass is 354 g/mol. The van der Waals surface area contributed by atoms with Crippen molar-refractivity contribution < 1.29 is 17.9 Å². The third kappa shape index (κ3) is 6.13. The zero-order valence-corrected chi connectivity index (χ0v) is 14.8. The number of carbonyl (C=O) groups is 1. The van der Waals surface area contributed by atoms with Crippen molar-refractivity contribution >= 4 is 15.7 Å². The molecule has 24 heavy (non-hydrogen) atoms. The number of nitrogens with one attached hydrogen (secondary N) is 1. The highest BCUT2D eigenvalue weighted by Crippen LogP contribution is 2.18. The molecule has 1 amide bonds. The van der Waals surface area contributed by atoms with Crippen LogP contribution in [0.25, 0.3) is 0 Å². The lowest BCUT2D eigenvalue weighted by Gasteiger charge is -2.26. The predicted octanol–water partition coefficient (Wildman–Crippen LogP) is 1.64. The van der Waals surface area contributed by atoms with E-state index in [1.54, 1.807) is 12.1 Å². The Morgan fingerprint density at radius 1 is 1.21 bits per heavy atom. The van der Waals surface area contributed by atoms with E-state index in [-0.39, 0.29) is 22.9 Å². The molecule has 0 atom stereocenters. The van der Waals surface area contributed by atoms with Gasteiger partial charge in [-0.25, -0.2) is 8.42 Å². The average molecular weight is 354 g/mol. The zero-order chi connectivity index (χ0) is 17.6. The van der Waals surface area contributed by atoms with Gasteiger partial charge in [0.1, 0.15) is 5.75 Å². The van der Waals surface area contributed by atoms with Crippen molar-refractivity contribution in [3.05, 3.63) is 24.3 Å². The van der Waals surface area contributed by atoms with Gasteiger partial charge in [0.05, 0.1) is 11.5 Å². The number of nitrogens with two attached hydrogens (primary N) is 1. The van der Waals surface area contributed by atoms with E-state index < -0.39 is 9.84 Å². The SMILES string of the molecule is CS(=O)(=O)c1ccc(OCCCC(=O)NC2CCC(N)CC2)cc1. The lowest BCUT2D eigenvalue weighted by molar-refractivity contribution is -0.122. The van der Waals surface area contributed by atoms with Crippen LogP contribution < -0.4 is 15.8 Å². The van der Waals surface area contributed by atoms with E-state index in [9.17, 15) is 13.2 Å². The molecule has 6 nitrogen and oxygen atoms in total. The van der Waals surface area contributed by atoms with Crippen molar-refractivity contribution in [2.24, 2.45) is 5.73 Å². The Labute approximate surface area is 143 Å². The van der Waals surface area contributed by atoms with Crippen molar-refractivity contribution in [1.29, 1.82) is 0 Å². The Balaban J connectivity index is 1.64. The Morgan fingerprint density at radius 3 is 2.42 bits per heavy atom. The lowest BCUT2D eigenvalue weighted by atomic mass is 9.92. The van der Waals surface area contributed by atoms with Gasteiger partial charge in [-0.05, 0) is 56.4 Å². The first-order valence-electron chi connectivity index (χ1n) is 8.32. The maximum atomic E-state index is 11.9. The van der Waals surface area contributed by atoms with E-state index in [2.05, 4.69) is 5.32 Å². The quantitative estimate of drug-likeness (QED) is 0.725. The summed E-state index contributed by atoms with van der Waals surface area (Å²) in [6.45, 7) is 0.418. The maximum Gasteiger partial charge on any atom is 0.220 e. The second kappa shape index (κ2) is 8.48. The fraction of sp³-hybridized carbons (Fsp3) is 0.588. The van der Waals surface area contributed by atoms with Gasteiger partial charge < -0.3 is 15.8 Å². The van der Waals surface area contributed by atoms with E-state index in [1.807, 2.05) is 0 Å². The molecule has 1 fully saturated rings. The molecule has 7 heteroatoms. The number of carbonyl (C=O) groups excluding carboxylic acids is 1. The number of sulfone groups is 1. The third-order valence-corrected chi connectivity index (χ3v) is 5.33. The summed E-state index contributed by atoms with van der Waals surface area (Å²) in [5, 5.41) is 3.05. The largest absolute Gasteiger partial charge is 0.494 e. The Bertz CT molecular complexity index is 635. The van der Waals surface area contributed by atoms with Gasteiger partial charge in [-0.2, -0.15) is 0 Å². The van der Waals surface area contributed by atoms with E-state index in [4.69, 9.17) is 10.5 Å². The second-order valence-corrected chi connectivity index (χ2v) is 8.39. The Kier molecular flexibility index (Phi) is 6.62. The van der Waals surface area contributed by atoms with Gasteiger partial charge in [-0.1, -0.05) is 0 Å². The number of hydrogen-bond acceptors (Lipinski definition) is 5. The highest BCUT2D eigenvalue weighted by molar-refractivity contribution is 7.90.